The minimum atomic E-state index is -0.353. The van der Waals surface area contributed by atoms with Crippen LogP contribution in [0.4, 0.5) is 0 Å². The summed E-state index contributed by atoms with van der Waals surface area (Å²) in [6.07, 6.45) is 0. The fourth-order valence-electron chi connectivity index (χ4n) is 2.27. The Morgan fingerprint density at radius 3 is 2.00 bits per heavy atom. The molecule has 0 saturated carbocycles. The van der Waals surface area contributed by atoms with Gasteiger partial charge in [0.1, 0.15) is 0 Å². The molecule has 0 unspecified atom stereocenters. The molecule has 0 aliphatic rings. The Labute approximate surface area is 116 Å². The predicted octanol–water partition coefficient (Wildman–Crippen LogP) is 1.24. The third-order valence-electron chi connectivity index (χ3n) is 3.32. The number of hydrogen-bond acceptors (Lipinski definition) is 5. The van der Waals surface area contributed by atoms with Gasteiger partial charge in [0.05, 0.1) is 19.8 Å². The van der Waals surface area contributed by atoms with Crippen molar-refractivity contribution in [2.45, 2.75) is 19.8 Å². The molecular weight excluding hydrogens is 260 g/mol. The summed E-state index contributed by atoms with van der Waals surface area (Å²) < 4.78 is 0. The van der Waals surface area contributed by atoms with Crippen LogP contribution in [-0.4, -0.2) is 25.5 Å². The van der Waals surface area contributed by atoms with Gasteiger partial charge < -0.3 is 25.5 Å². The van der Waals surface area contributed by atoms with Gasteiger partial charge in [-0.05, 0) is 28.3 Å². The van der Waals surface area contributed by atoms with Crippen LogP contribution >= 0.6 is 0 Å². The molecule has 0 fully saturated rings. The summed E-state index contributed by atoms with van der Waals surface area (Å²) in [6, 6.07) is 7.77. The van der Waals surface area contributed by atoms with E-state index in [9.17, 15) is 25.5 Å². The number of para-hydroxylation sites is 1. The van der Waals surface area contributed by atoms with Crippen molar-refractivity contribution >= 4 is 0 Å². The zero-order valence-electron chi connectivity index (χ0n) is 10.7. The van der Waals surface area contributed by atoms with Crippen LogP contribution in [0.3, 0.4) is 0 Å². The Kier molecular flexibility index (Phi) is 4.24. The Hall–Kier alpha value is -2.08. The maximum absolute atomic E-state index is 9.92. The Morgan fingerprint density at radius 2 is 1.40 bits per heavy atom. The van der Waals surface area contributed by atoms with Gasteiger partial charge in [-0.1, -0.05) is 24.3 Å². The molecule has 0 atom stereocenters. The number of rotatable bonds is 4. The van der Waals surface area contributed by atoms with E-state index in [1.54, 1.807) is 24.3 Å². The molecule has 0 radical (unpaired) electrons. The van der Waals surface area contributed by atoms with Crippen LogP contribution < -0.4 is 0 Å². The van der Waals surface area contributed by atoms with Gasteiger partial charge in [0.25, 0.3) is 0 Å². The quantitative estimate of drug-likeness (QED) is 0.541. The van der Waals surface area contributed by atoms with Gasteiger partial charge in [-0.2, -0.15) is 0 Å². The Morgan fingerprint density at radius 1 is 0.700 bits per heavy atom. The minimum absolute atomic E-state index is 0.255. The molecule has 2 rings (SSSR count). The molecule has 5 N–H and O–H groups in total. The highest BCUT2D eigenvalue weighted by Crippen LogP contribution is 2.39. The monoisotopic (exact) mass is 276 g/mol. The standard InChI is InChI=1S/C15H16O5/c16-6-9-4-5-10(13(8-18)12(9)7-17)11-2-1-3-14(19)15(11)20/h1-5,16-20H,6-8H2. The topological polar surface area (TPSA) is 101 Å². The molecule has 2 aromatic carbocycles. The first-order valence-corrected chi connectivity index (χ1v) is 6.11. The van der Waals surface area contributed by atoms with E-state index in [1.165, 1.54) is 6.07 Å². The second kappa shape index (κ2) is 5.92. The largest absolute Gasteiger partial charge is 0.504 e. The average Bonchev–Trinajstić information content (AvgIpc) is 2.48. The van der Waals surface area contributed by atoms with Gasteiger partial charge in [-0.25, -0.2) is 0 Å². The van der Waals surface area contributed by atoms with Gasteiger partial charge in [0.15, 0.2) is 11.5 Å². The first-order chi connectivity index (χ1) is 9.63. The molecule has 0 bridgehead atoms. The fraction of sp³-hybridized carbons (Fsp3) is 0.200. The zero-order chi connectivity index (χ0) is 14.7. The second-order valence-electron chi connectivity index (χ2n) is 4.38. The van der Waals surface area contributed by atoms with Gasteiger partial charge in [0, 0.05) is 5.56 Å². The molecule has 0 aliphatic heterocycles. The third-order valence-corrected chi connectivity index (χ3v) is 3.32. The van der Waals surface area contributed by atoms with Gasteiger partial charge in [-0.3, -0.25) is 0 Å². The van der Waals surface area contributed by atoms with E-state index < -0.39 is 0 Å². The molecule has 106 valence electrons. The molecule has 0 amide bonds. The van der Waals surface area contributed by atoms with Crippen molar-refractivity contribution in [2.24, 2.45) is 0 Å². The number of phenols is 2. The zero-order valence-corrected chi connectivity index (χ0v) is 10.7. The average molecular weight is 276 g/mol. The SMILES string of the molecule is OCc1ccc(-c2cccc(O)c2O)c(CO)c1CO. The molecule has 20 heavy (non-hydrogen) atoms. The van der Waals surface area contributed by atoms with Crippen LogP contribution in [0, 0.1) is 0 Å². The molecular formula is C15H16O5. The highest BCUT2D eigenvalue weighted by molar-refractivity contribution is 5.77. The highest BCUT2D eigenvalue weighted by atomic mass is 16.3. The van der Waals surface area contributed by atoms with Crippen LogP contribution in [0.25, 0.3) is 11.1 Å². The lowest BCUT2D eigenvalue weighted by Crippen LogP contribution is -2.03. The first-order valence-electron chi connectivity index (χ1n) is 6.11. The van der Waals surface area contributed by atoms with Crippen molar-refractivity contribution in [1.29, 1.82) is 0 Å². The van der Waals surface area contributed by atoms with Crippen molar-refractivity contribution in [3.63, 3.8) is 0 Å². The maximum atomic E-state index is 9.92. The summed E-state index contributed by atoms with van der Waals surface area (Å²) in [5.74, 6) is -0.550. The Balaban J connectivity index is 2.71. The summed E-state index contributed by atoms with van der Waals surface area (Å²) in [7, 11) is 0. The smallest absolute Gasteiger partial charge is 0.165 e. The van der Waals surface area contributed by atoms with Gasteiger partial charge >= 0.3 is 0 Å². The number of phenolic OH excluding ortho intramolecular Hbond substituents is 2. The lowest BCUT2D eigenvalue weighted by molar-refractivity contribution is 0.248. The summed E-state index contributed by atoms with van der Waals surface area (Å²) in [5.41, 5.74) is 2.21. The van der Waals surface area contributed by atoms with Crippen molar-refractivity contribution in [3.05, 3.63) is 47.0 Å². The van der Waals surface area contributed by atoms with E-state index in [4.69, 9.17) is 0 Å². The lowest BCUT2D eigenvalue weighted by atomic mass is 9.92. The van der Waals surface area contributed by atoms with Crippen molar-refractivity contribution in [3.8, 4) is 22.6 Å². The number of aliphatic hydroxyl groups excluding tert-OH is 3. The molecule has 0 aromatic heterocycles. The van der Waals surface area contributed by atoms with Crippen molar-refractivity contribution in [2.75, 3.05) is 0 Å². The predicted molar refractivity (Wildman–Crippen MR) is 73.0 cm³/mol. The number of benzene rings is 2. The lowest BCUT2D eigenvalue weighted by Gasteiger charge is -2.16. The van der Waals surface area contributed by atoms with Crippen molar-refractivity contribution in [1.82, 2.24) is 0 Å². The van der Waals surface area contributed by atoms with Crippen LogP contribution in [0.5, 0.6) is 11.5 Å². The summed E-state index contributed by atoms with van der Waals surface area (Å²) in [5, 5.41) is 47.7. The summed E-state index contributed by atoms with van der Waals surface area (Å²) in [6.45, 7) is -0.942. The minimum Gasteiger partial charge on any atom is -0.504 e. The van der Waals surface area contributed by atoms with Crippen LogP contribution in [0.2, 0.25) is 0 Å². The molecule has 0 aliphatic carbocycles. The summed E-state index contributed by atoms with van der Waals surface area (Å²) in [4.78, 5) is 0. The molecule has 5 heteroatoms. The van der Waals surface area contributed by atoms with Crippen LogP contribution in [0.15, 0.2) is 30.3 Å². The normalized spacial score (nSPS) is 10.8. The van der Waals surface area contributed by atoms with Gasteiger partial charge in [0.2, 0.25) is 0 Å². The number of hydrogen-bond donors (Lipinski definition) is 5. The van der Waals surface area contributed by atoms with E-state index in [-0.39, 0.29) is 31.3 Å². The molecule has 0 spiro atoms. The first kappa shape index (κ1) is 14.3. The van der Waals surface area contributed by atoms with E-state index >= 15 is 0 Å². The fourth-order valence-corrected chi connectivity index (χ4v) is 2.27. The molecule has 0 heterocycles. The third kappa shape index (κ3) is 2.34. The highest BCUT2D eigenvalue weighted by Gasteiger charge is 2.16. The summed E-state index contributed by atoms with van der Waals surface area (Å²) >= 11 is 0. The number of aromatic hydroxyl groups is 2. The van der Waals surface area contributed by atoms with E-state index in [0.717, 1.165) is 0 Å². The Bertz CT molecular complexity index is 622. The molecule has 2 aromatic rings. The maximum Gasteiger partial charge on any atom is 0.165 e. The number of aliphatic hydroxyl groups is 3. The van der Waals surface area contributed by atoms with Crippen LogP contribution in [0.1, 0.15) is 16.7 Å². The second-order valence-corrected chi connectivity index (χ2v) is 4.38. The van der Waals surface area contributed by atoms with E-state index in [1.807, 2.05) is 0 Å². The van der Waals surface area contributed by atoms with E-state index in [0.29, 0.717) is 27.8 Å². The van der Waals surface area contributed by atoms with Crippen molar-refractivity contribution < 1.29 is 25.5 Å². The van der Waals surface area contributed by atoms with Crippen LogP contribution in [-0.2, 0) is 19.8 Å². The molecule has 5 nitrogen and oxygen atoms in total. The van der Waals surface area contributed by atoms with Gasteiger partial charge in [-0.15, -0.1) is 0 Å². The molecule has 0 saturated heterocycles. The van der Waals surface area contributed by atoms with E-state index in [2.05, 4.69) is 0 Å².